The molecule has 144 valence electrons. The average molecular weight is 399 g/mol. The Morgan fingerprint density at radius 2 is 1.79 bits per heavy atom. The van der Waals surface area contributed by atoms with Crippen LogP contribution in [0.2, 0.25) is 5.02 Å². The number of nitrogens with zero attached hydrogens (tertiary/aromatic N) is 1. The van der Waals surface area contributed by atoms with Crippen LogP contribution in [0.3, 0.4) is 0 Å². The van der Waals surface area contributed by atoms with Crippen LogP contribution >= 0.6 is 11.6 Å². The normalized spacial score (nSPS) is 15.8. The number of nitrogens with one attached hydrogen (secondary N) is 1. The molecule has 1 aliphatic heterocycles. The van der Waals surface area contributed by atoms with E-state index in [4.69, 9.17) is 16.3 Å². The zero-order chi connectivity index (χ0) is 20.3. The largest absolute Gasteiger partial charge is 0.492 e. The lowest BCUT2D eigenvalue weighted by atomic mass is 10.1. The zero-order valence-corrected chi connectivity index (χ0v) is 16.2. The van der Waals surface area contributed by atoms with Gasteiger partial charge >= 0.3 is 6.03 Å². The summed E-state index contributed by atoms with van der Waals surface area (Å²) in [6.07, 6.45) is 2.24. The van der Waals surface area contributed by atoms with Crippen LogP contribution in [0.1, 0.15) is 25.0 Å². The summed E-state index contributed by atoms with van der Waals surface area (Å²) >= 11 is 6.17. The molecule has 0 atom stereocenters. The van der Waals surface area contributed by atoms with Crippen LogP contribution in [0.5, 0.6) is 5.75 Å². The highest BCUT2D eigenvalue weighted by molar-refractivity contribution is 6.39. The van der Waals surface area contributed by atoms with Crippen LogP contribution in [0, 0.1) is 0 Å². The molecule has 4 amide bonds. The number of aryl methyl sites for hydroxylation is 1. The average Bonchev–Trinajstić information content (AvgIpc) is 2.67. The minimum atomic E-state index is -0.777. The van der Waals surface area contributed by atoms with E-state index in [2.05, 4.69) is 5.32 Å². The summed E-state index contributed by atoms with van der Waals surface area (Å²) in [5, 5.41) is 2.57. The van der Waals surface area contributed by atoms with Gasteiger partial charge in [0, 0.05) is 0 Å². The van der Waals surface area contributed by atoms with Gasteiger partial charge in [0.1, 0.15) is 11.3 Å². The highest BCUT2D eigenvalue weighted by Gasteiger charge is 2.36. The Balaban J connectivity index is 1.95. The summed E-state index contributed by atoms with van der Waals surface area (Å²) in [4.78, 5) is 38.3. The molecular formula is C21H19ClN2O4. The SMILES string of the molecule is CCOc1ccc(/C=C2\C(=O)NC(=O)N(c3ccc(CC)cc3)C2=O)cc1Cl. The van der Waals surface area contributed by atoms with Crippen molar-refractivity contribution in [3.05, 3.63) is 64.2 Å². The summed E-state index contributed by atoms with van der Waals surface area (Å²) in [6, 6.07) is 11.2. The minimum Gasteiger partial charge on any atom is -0.492 e. The highest BCUT2D eigenvalue weighted by Crippen LogP contribution is 2.28. The minimum absolute atomic E-state index is 0.153. The van der Waals surface area contributed by atoms with Crippen molar-refractivity contribution in [1.29, 1.82) is 0 Å². The number of carbonyl (C=O) groups is 3. The van der Waals surface area contributed by atoms with Gasteiger partial charge in [-0.05, 0) is 54.8 Å². The molecule has 0 radical (unpaired) electrons. The number of barbiturate groups is 1. The number of hydrogen-bond donors (Lipinski definition) is 1. The van der Waals surface area contributed by atoms with Crippen LogP contribution in [-0.2, 0) is 16.0 Å². The van der Waals surface area contributed by atoms with Crippen molar-refractivity contribution in [3.8, 4) is 5.75 Å². The molecule has 1 fully saturated rings. The lowest BCUT2D eigenvalue weighted by Gasteiger charge is -2.26. The van der Waals surface area contributed by atoms with E-state index in [1.165, 1.54) is 6.08 Å². The number of rotatable bonds is 5. The van der Waals surface area contributed by atoms with Crippen LogP contribution in [-0.4, -0.2) is 24.5 Å². The predicted molar refractivity (Wildman–Crippen MR) is 107 cm³/mol. The molecule has 1 saturated heterocycles. The molecule has 0 aliphatic carbocycles. The van der Waals surface area contributed by atoms with E-state index in [0.717, 1.165) is 16.9 Å². The molecule has 7 heteroatoms. The van der Waals surface area contributed by atoms with Gasteiger partial charge in [0.25, 0.3) is 11.8 Å². The Morgan fingerprint density at radius 1 is 1.07 bits per heavy atom. The molecule has 0 spiro atoms. The standard InChI is InChI=1S/C21H19ClN2O4/c1-3-13-5-8-15(9-6-13)24-20(26)16(19(25)23-21(24)27)11-14-7-10-18(28-4-2)17(22)12-14/h5-12H,3-4H2,1-2H3,(H,23,25,27)/b16-11+. The molecule has 2 aromatic carbocycles. The molecule has 0 aromatic heterocycles. The van der Waals surface area contributed by atoms with Crippen molar-refractivity contribution in [2.45, 2.75) is 20.3 Å². The van der Waals surface area contributed by atoms with Crippen molar-refractivity contribution in [2.75, 3.05) is 11.5 Å². The summed E-state index contributed by atoms with van der Waals surface area (Å²) in [5.74, 6) is -0.928. The fraction of sp³-hybridized carbons (Fsp3) is 0.190. The van der Waals surface area contributed by atoms with E-state index in [1.807, 2.05) is 26.0 Å². The first kappa shape index (κ1) is 19.6. The van der Waals surface area contributed by atoms with E-state index in [9.17, 15) is 14.4 Å². The first-order valence-electron chi connectivity index (χ1n) is 8.87. The summed E-state index contributed by atoms with van der Waals surface area (Å²) in [5.41, 5.74) is 1.86. The maximum atomic E-state index is 12.9. The van der Waals surface area contributed by atoms with E-state index < -0.39 is 17.8 Å². The van der Waals surface area contributed by atoms with E-state index in [-0.39, 0.29) is 5.57 Å². The van der Waals surface area contributed by atoms with Crippen LogP contribution in [0.4, 0.5) is 10.5 Å². The van der Waals surface area contributed by atoms with E-state index in [1.54, 1.807) is 30.3 Å². The number of ether oxygens (including phenoxy) is 1. The fourth-order valence-corrected chi connectivity index (χ4v) is 3.06. The second kappa shape index (κ2) is 8.27. The number of anilines is 1. The third kappa shape index (κ3) is 3.92. The number of carbonyl (C=O) groups excluding carboxylic acids is 3. The summed E-state index contributed by atoms with van der Waals surface area (Å²) in [7, 11) is 0. The molecule has 2 aromatic rings. The zero-order valence-electron chi connectivity index (χ0n) is 15.5. The predicted octanol–water partition coefficient (Wildman–Crippen LogP) is 3.97. The fourth-order valence-electron chi connectivity index (χ4n) is 2.82. The van der Waals surface area contributed by atoms with Gasteiger partial charge in [-0.15, -0.1) is 0 Å². The monoisotopic (exact) mass is 398 g/mol. The smallest absolute Gasteiger partial charge is 0.335 e. The third-order valence-corrected chi connectivity index (χ3v) is 4.57. The van der Waals surface area contributed by atoms with Gasteiger partial charge in [-0.25, -0.2) is 9.69 Å². The maximum Gasteiger partial charge on any atom is 0.335 e. The van der Waals surface area contributed by atoms with Gasteiger partial charge in [0.05, 0.1) is 17.3 Å². The number of benzene rings is 2. The maximum absolute atomic E-state index is 12.9. The van der Waals surface area contributed by atoms with Crippen molar-refractivity contribution in [3.63, 3.8) is 0 Å². The molecule has 0 bridgehead atoms. The Labute approximate surface area is 167 Å². The second-order valence-corrected chi connectivity index (χ2v) is 6.51. The van der Waals surface area contributed by atoms with Gasteiger partial charge in [-0.1, -0.05) is 36.7 Å². The number of halogens is 1. The summed E-state index contributed by atoms with van der Waals surface area (Å²) in [6.45, 7) is 4.32. The van der Waals surface area contributed by atoms with Gasteiger partial charge in [-0.2, -0.15) is 0 Å². The first-order chi connectivity index (χ1) is 13.4. The van der Waals surface area contributed by atoms with Crippen LogP contribution in [0.15, 0.2) is 48.0 Å². The first-order valence-corrected chi connectivity index (χ1v) is 9.25. The molecule has 6 nitrogen and oxygen atoms in total. The molecular weight excluding hydrogens is 380 g/mol. The Morgan fingerprint density at radius 3 is 2.39 bits per heavy atom. The number of amides is 4. The number of urea groups is 1. The van der Waals surface area contributed by atoms with Crippen LogP contribution < -0.4 is 15.0 Å². The highest BCUT2D eigenvalue weighted by atomic mass is 35.5. The lowest BCUT2D eigenvalue weighted by Crippen LogP contribution is -2.54. The van der Waals surface area contributed by atoms with E-state index in [0.29, 0.717) is 28.6 Å². The second-order valence-electron chi connectivity index (χ2n) is 6.10. The van der Waals surface area contributed by atoms with Crippen molar-refractivity contribution < 1.29 is 19.1 Å². The molecule has 1 aliphatic rings. The molecule has 3 rings (SSSR count). The van der Waals surface area contributed by atoms with E-state index >= 15 is 0 Å². The third-order valence-electron chi connectivity index (χ3n) is 4.27. The van der Waals surface area contributed by atoms with Gasteiger partial charge in [-0.3, -0.25) is 14.9 Å². The van der Waals surface area contributed by atoms with Crippen molar-refractivity contribution in [2.24, 2.45) is 0 Å². The van der Waals surface area contributed by atoms with Gasteiger partial charge in [0.15, 0.2) is 0 Å². The number of imide groups is 2. The van der Waals surface area contributed by atoms with Crippen molar-refractivity contribution >= 4 is 41.2 Å². The van der Waals surface area contributed by atoms with Gasteiger partial charge < -0.3 is 4.74 Å². The lowest BCUT2D eigenvalue weighted by molar-refractivity contribution is -0.122. The van der Waals surface area contributed by atoms with Crippen molar-refractivity contribution in [1.82, 2.24) is 5.32 Å². The van der Waals surface area contributed by atoms with Gasteiger partial charge in [0.2, 0.25) is 0 Å². The molecule has 1 N–H and O–H groups in total. The van der Waals surface area contributed by atoms with Crippen LogP contribution in [0.25, 0.3) is 6.08 Å². The Kier molecular flexibility index (Phi) is 5.80. The quantitative estimate of drug-likeness (QED) is 0.610. The molecule has 28 heavy (non-hydrogen) atoms. The Bertz CT molecular complexity index is 967. The molecule has 0 unspecified atom stereocenters. The summed E-state index contributed by atoms with van der Waals surface area (Å²) < 4.78 is 5.38. The number of hydrogen-bond acceptors (Lipinski definition) is 4. The topological polar surface area (TPSA) is 75.7 Å². The molecule has 1 heterocycles. The molecule has 0 saturated carbocycles. The Hall–Kier alpha value is -3.12.